The Morgan fingerprint density at radius 2 is 1.74 bits per heavy atom. The lowest BCUT2D eigenvalue weighted by atomic mass is 9.74. The van der Waals surface area contributed by atoms with Gasteiger partial charge in [0.2, 0.25) is 0 Å². The third-order valence-electron chi connectivity index (χ3n) is 5.77. The Balaban J connectivity index is 2.57. The lowest BCUT2D eigenvalue weighted by molar-refractivity contribution is 0.196. The van der Waals surface area contributed by atoms with E-state index in [-0.39, 0.29) is 0 Å². The van der Waals surface area contributed by atoms with Gasteiger partial charge in [-0.25, -0.2) is 0 Å². The summed E-state index contributed by atoms with van der Waals surface area (Å²) in [5, 5.41) is 3.69. The number of hydrogen-bond donors (Lipinski definition) is 1. The van der Waals surface area contributed by atoms with Crippen LogP contribution in [0.15, 0.2) is 0 Å². The first-order chi connectivity index (χ1) is 8.95. The molecule has 1 aliphatic rings. The van der Waals surface area contributed by atoms with Gasteiger partial charge < -0.3 is 5.32 Å². The van der Waals surface area contributed by atoms with Crippen molar-refractivity contribution in [1.29, 1.82) is 0 Å². The van der Waals surface area contributed by atoms with Crippen LogP contribution in [0.1, 0.15) is 67.2 Å². The summed E-state index contributed by atoms with van der Waals surface area (Å²) in [5.41, 5.74) is 0. The molecule has 1 nitrogen and oxygen atoms in total. The van der Waals surface area contributed by atoms with E-state index in [0.717, 1.165) is 35.5 Å². The van der Waals surface area contributed by atoms with Crippen molar-refractivity contribution in [3.05, 3.63) is 0 Å². The average Bonchev–Trinajstić information content (AvgIpc) is 2.63. The van der Waals surface area contributed by atoms with Crippen molar-refractivity contribution in [3.8, 4) is 0 Å². The highest BCUT2D eigenvalue weighted by atomic mass is 14.9. The fourth-order valence-corrected chi connectivity index (χ4v) is 3.62. The minimum atomic E-state index is 0.815. The normalized spacial score (nSPS) is 29.8. The quantitative estimate of drug-likeness (QED) is 0.716. The van der Waals surface area contributed by atoms with Crippen LogP contribution in [-0.4, -0.2) is 13.1 Å². The van der Waals surface area contributed by atoms with Crippen LogP contribution in [-0.2, 0) is 0 Å². The molecule has 0 aliphatic carbocycles. The van der Waals surface area contributed by atoms with Gasteiger partial charge in [-0.15, -0.1) is 0 Å². The van der Waals surface area contributed by atoms with E-state index in [1.54, 1.807) is 0 Å². The Morgan fingerprint density at radius 3 is 2.32 bits per heavy atom. The van der Waals surface area contributed by atoms with Gasteiger partial charge in [0.05, 0.1) is 0 Å². The van der Waals surface area contributed by atoms with Crippen LogP contribution in [0.2, 0.25) is 0 Å². The molecule has 1 heterocycles. The molecular formula is C18H37N. The Morgan fingerprint density at radius 1 is 1.05 bits per heavy atom. The van der Waals surface area contributed by atoms with Gasteiger partial charge in [-0.3, -0.25) is 0 Å². The van der Waals surface area contributed by atoms with Crippen LogP contribution in [0.3, 0.4) is 0 Å². The van der Waals surface area contributed by atoms with Crippen LogP contribution >= 0.6 is 0 Å². The van der Waals surface area contributed by atoms with Gasteiger partial charge in [-0.1, -0.05) is 48.0 Å². The van der Waals surface area contributed by atoms with Gasteiger partial charge in [-0.2, -0.15) is 0 Å². The molecule has 5 atom stereocenters. The zero-order valence-electron chi connectivity index (χ0n) is 14.2. The lowest BCUT2D eigenvalue weighted by Crippen LogP contribution is -2.28. The highest BCUT2D eigenvalue weighted by molar-refractivity contribution is 4.81. The summed E-state index contributed by atoms with van der Waals surface area (Å²) in [6.07, 6.45) is 5.59. The summed E-state index contributed by atoms with van der Waals surface area (Å²) in [5.74, 6) is 5.28. The van der Waals surface area contributed by atoms with E-state index in [2.05, 4.69) is 46.9 Å². The highest BCUT2D eigenvalue weighted by Crippen LogP contribution is 2.34. The van der Waals surface area contributed by atoms with Crippen molar-refractivity contribution in [2.45, 2.75) is 67.2 Å². The summed E-state index contributed by atoms with van der Waals surface area (Å²) in [4.78, 5) is 0. The molecule has 1 saturated heterocycles. The van der Waals surface area contributed by atoms with Gasteiger partial charge in [0.15, 0.2) is 0 Å². The second-order valence-electron chi connectivity index (χ2n) is 7.58. The van der Waals surface area contributed by atoms with Crippen molar-refractivity contribution in [1.82, 2.24) is 5.32 Å². The number of nitrogens with one attached hydrogen (secondary N) is 1. The lowest BCUT2D eigenvalue weighted by Gasteiger charge is -2.31. The molecule has 0 saturated carbocycles. The zero-order valence-corrected chi connectivity index (χ0v) is 14.2. The largest absolute Gasteiger partial charge is 0.316 e. The van der Waals surface area contributed by atoms with Crippen molar-refractivity contribution >= 4 is 0 Å². The van der Waals surface area contributed by atoms with E-state index in [9.17, 15) is 0 Å². The summed E-state index contributed by atoms with van der Waals surface area (Å²) in [7, 11) is 0. The standard InChI is InChI=1S/C18H37N/c1-7-14(4)10-15(5)17-8-9-19-12-18(11-17)16(6)13(2)3/h13-19H,7-12H2,1-6H3. The molecule has 1 aliphatic heterocycles. The Labute approximate surface area is 121 Å². The van der Waals surface area contributed by atoms with Gasteiger partial charge in [0.25, 0.3) is 0 Å². The van der Waals surface area contributed by atoms with Gasteiger partial charge in [-0.05, 0) is 67.9 Å². The zero-order chi connectivity index (χ0) is 14.4. The highest BCUT2D eigenvalue weighted by Gasteiger charge is 2.29. The van der Waals surface area contributed by atoms with Crippen LogP contribution in [0.5, 0.6) is 0 Å². The van der Waals surface area contributed by atoms with Crippen LogP contribution in [0, 0.1) is 35.5 Å². The summed E-state index contributed by atoms with van der Waals surface area (Å²) < 4.78 is 0. The molecule has 19 heavy (non-hydrogen) atoms. The molecule has 0 aromatic carbocycles. The van der Waals surface area contributed by atoms with E-state index in [0.29, 0.717) is 0 Å². The summed E-state index contributed by atoms with van der Waals surface area (Å²) in [6.45, 7) is 16.9. The molecule has 0 bridgehead atoms. The maximum absolute atomic E-state index is 3.69. The van der Waals surface area contributed by atoms with Gasteiger partial charge in [0, 0.05) is 0 Å². The predicted octanol–water partition coefficient (Wildman–Crippen LogP) is 4.97. The molecule has 0 spiro atoms. The second kappa shape index (κ2) is 8.29. The minimum absolute atomic E-state index is 0.815. The molecule has 1 heteroatoms. The van der Waals surface area contributed by atoms with Gasteiger partial charge >= 0.3 is 0 Å². The van der Waals surface area contributed by atoms with E-state index >= 15 is 0 Å². The summed E-state index contributed by atoms with van der Waals surface area (Å²) >= 11 is 0. The third kappa shape index (κ3) is 5.45. The predicted molar refractivity (Wildman–Crippen MR) is 86.3 cm³/mol. The first kappa shape index (κ1) is 17.0. The minimum Gasteiger partial charge on any atom is -0.316 e. The van der Waals surface area contributed by atoms with E-state index in [1.807, 2.05) is 0 Å². The maximum atomic E-state index is 3.69. The van der Waals surface area contributed by atoms with Crippen LogP contribution in [0.25, 0.3) is 0 Å². The average molecular weight is 268 g/mol. The Kier molecular flexibility index (Phi) is 7.42. The molecule has 0 amide bonds. The monoisotopic (exact) mass is 267 g/mol. The molecule has 0 aromatic rings. The second-order valence-corrected chi connectivity index (χ2v) is 7.58. The first-order valence-electron chi connectivity index (χ1n) is 8.66. The SMILES string of the molecule is CCC(C)CC(C)C1CCNCC(C(C)C(C)C)C1. The Hall–Kier alpha value is -0.0400. The molecule has 1 rings (SSSR count). The summed E-state index contributed by atoms with van der Waals surface area (Å²) in [6, 6.07) is 0. The first-order valence-corrected chi connectivity index (χ1v) is 8.66. The fourth-order valence-electron chi connectivity index (χ4n) is 3.62. The molecular weight excluding hydrogens is 230 g/mol. The molecule has 5 unspecified atom stereocenters. The topological polar surface area (TPSA) is 12.0 Å². The van der Waals surface area contributed by atoms with Crippen molar-refractivity contribution in [2.75, 3.05) is 13.1 Å². The van der Waals surface area contributed by atoms with E-state index in [4.69, 9.17) is 0 Å². The molecule has 0 aromatic heterocycles. The van der Waals surface area contributed by atoms with Crippen molar-refractivity contribution in [3.63, 3.8) is 0 Å². The van der Waals surface area contributed by atoms with E-state index < -0.39 is 0 Å². The van der Waals surface area contributed by atoms with Crippen LogP contribution < -0.4 is 5.32 Å². The molecule has 114 valence electrons. The maximum Gasteiger partial charge on any atom is -0.00178 e. The number of rotatable bonds is 6. The molecule has 1 fully saturated rings. The van der Waals surface area contributed by atoms with Crippen molar-refractivity contribution in [2.24, 2.45) is 35.5 Å². The molecule has 1 N–H and O–H groups in total. The fraction of sp³-hybridized carbons (Fsp3) is 1.00. The Bertz CT molecular complexity index is 236. The van der Waals surface area contributed by atoms with Crippen LogP contribution in [0.4, 0.5) is 0 Å². The van der Waals surface area contributed by atoms with Crippen molar-refractivity contribution < 1.29 is 0 Å². The number of hydrogen-bond acceptors (Lipinski definition) is 1. The smallest absolute Gasteiger partial charge is 0.00178 e. The third-order valence-corrected chi connectivity index (χ3v) is 5.77. The van der Waals surface area contributed by atoms with E-state index in [1.165, 1.54) is 38.8 Å². The van der Waals surface area contributed by atoms with Gasteiger partial charge in [0.1, 0.15) is 0 Å². The molecule has 0 radical (unpaired) electrons.